The number of methoxy groups -OCH3 is 1. The number of alkyl halides is 4. The van der Waals surface area contributed by atoms with Gasteiger partial charge in [-0.2, -0.15) is 13.2 Å². The highest BCUT2D eigenvalue weighted by atomic mass is 127. The van der Waals surface area contributed by atoms with Crippen LogP contribution < -0.4 is 0 Å². The molecule has 0 radical (unpaired) electrons. The molecule has 0 N–H and O–H groups in total. The molecule has 1 heterocycles. The lowest BCUT2D eigenvalue weighted by molar-refractivity contribution is -0.380. The van der Waals surface area contributed by atoms with Crippen molar-refractivity contribution in [3.05, 3.63) is 0 Å². The molecule has 21 heavy (non-hydrogen) atoms. The van der Waals surface area contributed by atoms with E-state index in [0.717, 1.165) is 0 Å². The summed E-state index contributed by atoms with van der Waals surface area (Å²) in [6, 6.07) is 0. The van der Waals surface area contributed by atoms with Gasteiger partial charge in [-0.1, -0.05) is 29.5 Å². The molecule has 0 bridgehead atoms. The van der Waals surface area contributed by atoms with E-state index in [1.165, 1.54) is 14.0 Å². The van der Waals surface area contributed by atoms with Gasteiger partial charge < -0.3 is 18.9 Å². The van der Waals surface area contributed by atoms with Gasteiger partial charge in [-0.05, 0) is 13.3 Å². The van der Waals surface area contributed by atoms with Gasteiger partial charge in [-0.3, -0.25) is 4.79 Å². The van der Waals surface area contributed by atoms with Crippen molar-refractivity contribution in [3.8, 4) is 0 Å². The third kappa shape index (κ3) is 4.42. The fourth-order valence-corrected chi connectivity index (χ4v) is 2.04. The molecule has 1 fully saturated rings. The lowest BCUT2D eigenvalue weighted by Crippen LogP contribution is -2.49. The maximum absolute atomic E-state index is 13.2. The topological polar surface area (TPSA) is 54.0 Å². The maximum atomic E-state index is 13.2. The standard InChI is InChI=1S/C12H18F3IO5/c1-4-8(16)9(17)21-10(2)5-11(19-6-10,12(13,14)15)20-7-18-3/h8H,4-7H2,1-3H3. The minimum atomic E-state index is -4.76. The highest BCUT2D eigenvalue weighted by molar-refractivity contribution is 14.1. The molecule has 5 nitrogen and oxygen atoms in total. The molecular weight excluding hydrogens is 408 g/mol. The van der Waals surface area contributed by atoms with E-state index < -0.39 is 47.3 Å². The lowest BCUT2D eigenvalue weighted by Gasteiger charge is -2.31. The molecule has 1 saturated heterocycles. The molecule has 9 heteroatoms. The van der Waals surface area contributed by atoms with Crippen molar-refractivity contribution < 1.29 is 36.9 Å². The third-order valence-electron chi connectivity index (χ3n) is 3.02. The van der Waals surface area contributed by atoms with Crippen LogP contribution in [0.5, 0.6) is 0 Å². The molecule has 0 aromatic heterocycles. The van der Waals surface area contributed by atoms with Crippen molar-refractivity contribution in [2.24, 2.45) is 0 Å². The third-order valence-corrected chi connectivity index (χ3v) is 4.41. The summed E-state index contributed by atoms with van der Waals surface area (Å²) in [6.45, 7) is 2.21. The molecule has 1 rings (SSSR count). The van der Waals surface area contributed by atoms with Gasteiger partial charge in [-0.25, -0.2) is 0 Å². The highest BCUT2D eigenvalue weighted by Gasteiger charge is 2.66. The first-order valence-electron chi connectivity index (χ1n) is 6.29. The van der Waals surface area contributed by atoms with Crippen molar-refractivity contribution in [2.75, 3.05) is 20.5 Å². The van der Waals surface area contributed by atoms with Gasteiger partial charge in [0.15, 0.2) is 0 Å². The Morgan fingerprint density at radius 1 is 1.48 bits per heavy atom. The molecule has 0 saturated carbocycles. The summed E-state index contributed by atoms with van der Waals surface area (Å²) >= 11 is 1.88. The van der Waals surface area contributed by atoms with E-state index in [-0.39, 0.29) is 0 Å². The Labute approximate surface area is 134 Å². The van der Waals surface area contributed by atoms with Crippen molar-refractivity contribution in [1.82, 2.24) is 0 Å². The Kier molecular flexibility index (Phi) is 6.28. The number of carbonyl (C=O) groups excluding carboxylic acids is 1. The van der Waals surface area contributed by atoms with E-state index in [0.29, 0.717) is 6.42 Å². The summed E-state index contributed by atoms with van der Waals surface area (Å²) in [5.74, 6) is -3.38. The summed E-state index contributed by atoms with van der Waals surface area (Å²) in [7, 11) is 1.21. The smallest absolute Gasteiger partial charge is 0.443 e. The Morgan fingerprint density at radius 3 is 2.57 bits per heavy atom. The fraction of sp³-hybridized carbons (Fsp3) is 0.917. The second kappa shape index (κ2) is 6.97. The van der Waals surface area contributed by atoms with Gasteiger partial charge in [0.1, 0.15) is 16.3 Å². The van der Waals surface area contributed by atoms with Crippen LogP contribution in [0.2, 0.25) is 0 Å². The van der Waals surface area contributed by atoms with Crippen LogP contribution in [0, 0.1) is 0 Å². The first-order chi connectivity index (χ1) is 9.59. The molecule has 3 unspecified atom stereocenters. The predicted molar refractivity (Wildman–Crippen MR) is 74.9 cm³/mol. The molecular formula is C12H18F3IO5. The van der Waals surface area contributed by atoms with Crippen LogP contribution in [0.15, 0.2) is 0 Å². The average molecular weight is 426 g/mol. The van der Waals surface area contributed by atoms with Crippen LogP contribution in [0.25, 0.3) is 0 Å². The number of carbonyl (C=O) groups is 1. The molecule has 1 aliphatic heterocycles. The zero-order chi connectivity index (χ0) is 16.3. The van der Waals surface area contributed by atoms with Crippen LogP contribution in [-0.4, -0.2) is 48.0 Å². The molecule has 1 aliphatic rings. The van der Waals surface area contributed by atoms with E-state index in [1.807, 2.05) is 22.6 Å². The number of ether oxygens (including phenoxy) is 4. The molecule has 0 spiro atoms. The van der Waals surface area contributed by atoms with E-state index in [9.17, 15) is 18.0 Å². The van der Waals surface area contributed by atoms with Crippen LogP contribution in [0.3, 0.4) is 0 Å². The Morgan fingerprint density at radius 2 is 2.10 bits per heavy atom. The number of esters is 1. The van der Waals surface area contributed by atoms with Gasteiger partial charge in [0, 0.05) is 7.11 Å². The minimum Gasteiger partial charge on any atom is -0.456 e. The van der Waals surface area contributed by atoms with Crippen molar-refractivity contribution in [3.63, 3.8) is 0 Å². The van der Waals surface area contributed by atoms with Gasteiger partial charge >= 0.3 is 12.1 Å². The quantitative estimate of drug-likeness (QED) is 0.283. The molecule has 124 valence electrons. The van der Waals surface area contributed by atoms with Crippen LogP contribution in [0.1, 0.15) is 26.7 Å². The molecule has 0 aromatic carbocycles. The van der Waals surface area contributed by atoms with Gasteiger partial charge in [0.2, 0.25) is 0 Å². The zero-order valence-corrected chi connectivity index (χ0v) is 14.1. The Bertz CT molecular complexity index is 378. The highest BCUT2D eigenvalue weighted by Crippen LogP contribution is 2.46. The summed E-state index contributed by atoms with van der Waals surface area (Å²) in [4.78, 5) is 11.8. The fourth-order valence-electron chi connectivity index (χ4n) is 1.91. The van der Waals surface area contributed by atoms with E-state index in [4.69, 9.17) is 14.2 Å². The number of hydrogen-bond acceptors (Lipinski definition) is 5. The monoisotopic (exact) mass is 426 g/mol. The second-order valence-corrected chi connectivity index (χ2v) is 6.52. The van der Waals surface area contributed by atoms with Crippen molar-refractivity contribution in [2.45, 2.75) is 48.2 Å². The van der Waals surface area contributed by atoms with E-state index >= 15 is 0 Å². The SMILES string of the molecule is CCC(I)C(=O)OC1(C)COC(OCOC)(C(F)(F)F)C1. The van der Waals surface area contributed by atoms with E-state index in [1.54, 1.807) is 6.92 Å². The number of rotatable bonds is 6. The molecule has 0 aromatic rings. The Hall–Kier alpha value is -0.130. The van der Waals surface area contributed by atoms with Gasteiger partial charge in [0.25, 0.3) is 5.79 Å². The summed E-state index contributed by atoms with van der Waals surface area (Å²) in [5, 5.41) is 0. The lowest BCUT2D eigenvalue weighted by atomic mass is 9.99. The minimum absolute atomic E-state index is 0.394. The zero-order valence-electron chi connectivity index (χ0n) is 12.0. The van der Waals surface area contributed by atoms with Gasteiger partial charge in [0.05, 0.1) is 13.0 Å². The van der Waals surface area contributed by atoms with Crippen molar-refractivity contribution in [1.29, 1.82) is 0 Å². The Balaban J connectivity index is 2.84. The number of halogens is 4. The second-order valence-electron chi connectivity index (χ2n) is 5.01. The largest absolute Gasteiger partial charge is 0.456 e. The van der Waals surface area contributed by atoms with Crippen molar-refractivity contribution >= 4 is 28.6 Å². The molecule has 0 amide bonds. The summed E-state index contributed by atoms with van der Waals surface area (Å²) in [5.41, 5.74) is -1.39. The van der Waals surface area contributed by atoms with Crippen LogP contribution in [0.4, 0.5) is 13.2 Å². The average Bonchev–Trinajstić information content (AvgIpc) is 2.73. The van der Waals surface area contributed by atoms with Crippen LogP contribution in [-0.2, 0) is 23.7 Å². The molecule has 0 aliphatic carbocycles. The molecule has 3 atom stereocenters. The first-order valence-corrected chi connectivity index (χ1v) is 7.54. The van der Waals surface area contributed by atoms with E-state index in [2.05, 4.69) is 4.74 Å². The number of hydrogen-bond donors (Lipinski definition) is 0. The van der Waals surface area contributed by atoms with Gasteiger partial charge in [-0.15, -0.1) is 0 Å². The maximum Gasteiger partial charge on any atom is 0.443 e. The van der Waals surface area contributed by atoms with Crippen LogP contribution >= 0.6 is 22.6 Å². The summed E-state index contributed by atoms with van der Waals surface area (Å²) in [6.07, 6.45) is -4.86. The normalized spacial score (nSPS) is 31.2. The summed E-state index contributed by atoms with van der Waals surface area (Å²) < 4.78 is 58.4. The predicted octanol–water partition coefficient (Wildman–Crippen LogP) is 2.80. The first kappa shape index (κ1) is 18.9.